The number of nitro benzene ring substituents is 1. The Bertz CT molecular complexity index is 948. The monoisotopic (exact) mass is 406 g/mol. The summed E-state index contributed by atoms with van der Waals surface area (Å²) >= 11 is 5.79. The summed E-state index contributed by atoms with van der Waals surface area (Å²) < 4.78 is 15.5. The molecule has 9 nitrogen and oxygen atoms in total. The van der Waals surface area contributed by atoms with Gasteiger partial charge in [-0.15, -0.1) is 0 Å². The predicted octanol–water partition coefficient (Wildman–Crippen LogP) is 2.84. The fourth-order valence-corrected chi connectivity index (χ4v) is 2.66. The van der Waals surface area contributed by atoms with Gasteiger partial charge in [-0.1, -0.05) is 17.7 Å². The van der Waals surface area contributed by atoms with Crippen molar-refractivity contribution in [1.29, 1.82) is 0 Å². The molecule has 0 spiro atoms. The maximum atomic E-state index is 12.2. The number of carbonyl (C=O) groups excluding carboxylic acids is 2. The second kappa shape index (κ2) is 8.13. The van der Waals surface area contributed by atoms with Crippen molar-refractivity contribution in [3.63, 3.8) is 0 Å². The first kappa shape index (κ1) is 19.4. The molecule has 0 aromatic heterocycles. The van der Waals surface area contributed by atoms with Gasteiger partial charge in [0.05, 0.1) is 4.92 Å². The number of halogens is 1. The number of ether oxygens (including phenoxy) is 3. The lowest BCUT2D eigenvalue weighted by Crippen LogP contribution is -2.35. The minimum Gasteiger partial charge on any atom is -0.454 e. The third-order valence-electron chi connectivity index (χ3n) is 3.93. The summed E-state index contributed by atoms with van der Waals surface area (Å²) in [5.74, 6) is -0.365. The number of hydrogen-bond acceptors (Lipinski definition) is 7. The van der Waals surface area contributed by atoms with Gasteiger partial charge >= 0.3 is 5.97 Å². The van der Waals surface area contributed by atoms with Crippen LogP contribution in [0.3, 0.4) is 0 Å². The molecule has 0 radical (unpaired) electrons. The van der Waals surface area contributed by atoms with E-state index in [1.165, 1.54) is 13.0 Å². The Kier molecular flexibility index (Phi) is 5.65. The first-order valence-electron chi connectivity index (χ1n) is 8.16. The van der Waals surface area contributed by atoms with Crippen molar-refractivity contribution in [2.75, 3.05) is 6.79 Å². The molecule has 2 aromatic carbocycles. The van der Waals surface area contributed by atoms with E-state index in [4.69, 9.17) is 25.8 Å². The SMILES string of the molecule is C[C@@H](OC(=O)c1cc(Cl)ccc1[N+](=O)[O-])C(=O)NCc1ccc2c(c1)OCO2. The van der Waals surface area contributed by atoms with Gasteiger partial charge in [0.1, 0.15) is 5.56 Å². The van der Waals surface area contributed by atoms with E-state index in [9.17, 15) is 19.7 Å². The van der Waals surface area contributed by atoms with E-state index in [0.29, 0.717) is 11.5 Å². The second-order valence-corrected chi connectivity index (χ2v) is 6.31. The van der Waals surface area contributed by atoms with Crippen LogP contribution in [0.5, 0.6) is 11.5 Å². The van der Waals surface area contributed by atoms with Gasteiger partial charge in [-0.25, -0.2) is 4.79 Å². The molecule has 2 aromatic rings. The highest BCUT2D eigenvalue weighted by molar-refractivity contribution is 6.31. The summed E-state index contributed by atoms with van der Waals surface area (Å²) in [6.07, 6.45) is -1.17. The number of nitrogens with zero attached hydrogens (tertiary/aromatic N) is 1. The number of rotatable bonds is 6. The molecule has 0 saturated heterocycles. The molecule has 1 amide bonds. The molecule has 0 fully saturated rings. The van der Waals surface area contributed by atoms with E-state index in [2.05, 4.69) is 5.32 Å². The lowest BCUT2D eigenvalue weighted by atomic mass is 10.2. The molecule has 0 bridgehead atoms. The van der Waals surface area contributed by atoms with Gasteiger partial charge < -0.3 is 19.5 Å². The smallest absolute Gasteiger partial charge is 0.345 e. The molecular formula is C18H15ClN2O7. The van der Waals surface area contributed by atoms with Crippen LogP contribution in [0.2, 0.25) is 5.02 Å². The number of nitro groups is 1. The van der Waals surface area contributed by atoms with Crippen LogP contribution in [0.25, 0.3) is 0 Å². The third kappa shape index (κ3) is 4.32. The van der Waals surface area contributed by atoms with Crippen LogP contribution in [-0.2, 0) is 16.1 Å². The average molecular weight is 407 g/mol. The van der Waals surface area contributed by atoms with E-state index in [-0.39, 0.29) is 23.9 Å². The molecule has 28 heavy (non-hydrogen) atoms. The zero-order valence-electron chi connectivity index (χ0n) is 14.6. The Morgan fingerprint density at radius 1 is 1.25 bits per heavy atom. The molecule has 1 heterocycles. The maximum absolute atomic E-state index is 12.2. The highest BCUT2D eigenvalue weighted by Crippen LogP contribution is 2.32. The van der Waals surface area contributed by atoms with Crippen LogP contribution >= 0.6 is 11.6 Å². The van der Waals surface area contributed by atoms with Crippen LogP contribution in [0.1, 0.15) is 22.8 Å². The Hall–Kier alpha value is -3.33. The minimum atomic E-state index is -1.17. The molecule has 0 aliphatic carbocycles. The van der Waals surface area contributed by atoms with E-state index in [1.807, 2.05) is 0 Å². The van der Waals surface area contributed by atoms with Crippen molar-refractivity contribution in [1.82, 2.24) is 5.32 Å². The van der Waals surface area contributed by atoms with Crippen molar-refractivity contribution in [3.05, 3.63) is 62.7 Å². The molecule has 1 N–H and O–H groups in total. The van der Waals surface area contributed by atoms with Crippen LogP contribution in [0.15, 0.2) is 36.4 Å². The summed E-state index contributed by atoms with van der Waals surface area (Å²) in [7, 11) is 0. The highest BCUT2D eigenvalue weighted by atomic mass is 35.5. The minimum absolute atomic E-state index is 0.137. The number of benzene rings is 2. The lowest BCUT2D eigenvalue weighted by molar-refractivity contribution is -0.385. The van der Waals surface area contributed by atoms with Crippen LogP contribution in [0.4, 0.5) is 5.69 Å². The first-order chi connectivity index (χ1) is 13.3. The molecule has 1 aliphatic rings. The normalized spacial score (nSPS) is 12.9. The van der Waals surface area contributed by atoms with Gasteiger partial charge in [-0.2, -0.15) is 0 Å². The molecule has 10 heteroatoms. The molecule has 0 unspecified atom stereocenters. The summed E-state index contributed by atoms with van der Waals surface area (Å²) in [5, 5.41) is 13.8. The fourth-order valence-electron chi connectivity index (χ4n) is 2.49. The standard InChI is InChI=1S/C18H15ClN2O7/c1-10(28-18(23)13-7-12(19)3-4-14(13)21(24)25)17(22)20-8-11-2-5-15-16(6-11)27-9-26-15/h2-7,10H,8-9H2,1H3,(H,20,22)/t10-/m1/s1. The zero-order chi connectivity index (χ0) is 20.3. The largest absolute Gasteiger partial charge is 0.454 e. The Morgan fingerprint density at radius 2 is 2.00 bits per heavy atom. The zero-order valence-corrected chi connectivity index (χ0v) is 15.4. The molecule has 1 aliphatic heterocycles. The topological polar surface area (TPSA) is 117 Å². The van der Waals surface area contributed by atoms with Crippen LogP contribution in [0, 0.1) is 10.1 Å². The van der Waals surface area contributed by atoms with E-state index in [0.717, 1.165) is 17.7 Å². The first-order valence-corrected chi connectivity index (χ1v) is 8.54. The highest BCUT2D eigenvalue weighted by Gasteiger charge is 2.25. The van der Waals surface area contributed by atoms with Crippen LogP contribution < -0.4 is 14.8 Å². The summed E-state index contributed by atoms with van der Waals surface area (Å²) in [4.78, 5) is 34.8. The number of fused-ring (bicyclic) bond motifs is 1. The fraction of sp³-hybridized carbons (Fsp3) is 0.222. The predicted molar refractivity (Wildman–Crippen MR) is 97.4 cm³/mol. The van der Waals surface area contributed by atoms with Gasteiger partial charge in [0.25, 0.3) is 11.6 Å². The van der Waals surface area contributed by atoms with Gasteiger partial charge in [0.15, 0.2) is 17.6 Å². The number of hydrogen-bond donors (Lipinski definition) is 1. The van der Waals surface area contributed by atoms with Gasteiger partial charge in [0, 0.05) is 17.6 Å². The maximum Gasteiger partial charge on any atom is 0.345 e. The summed E-state index contributed by atoms with van der Waals surface area (Å²) in [5.41, 5.74) is -0.0168. The van der Waals surface area contributed by atoms with E-state index in [1.54, 1.807) is 18.2 Å². The van der Waals surface area contributed by atoms with E-state index >= 15 is 0 Å². The lowest BCUT2D eigenvalue weighted by Gasteiger charge is -2.14. The molecule has 0 saturated carbocycles. The average Bonchev–Trinajstić information content (AvgIpc) is 3.13. The number of amides is 1. The number of nitrogens with one attached hydrogen (secondary N) is 1. The van der Waals surface area contributed by atoms with Gasteiger partial charge in [0.2, 0.25) is 6.79 Å². The Labute approximate surface area is 164 Å². The van der Waals surface area contributed by atoms with Gasteiger partial charge in [-0.05, 0) is 36.8 Å². The van der Waals surface area contributed by atoms with Crippen molar-refractivity contribution in [3.8, 4) is 11.5 Å². The molecule has 1 atom stereocenters. The summed E-state index contributed by atoms with van der Waals surface area (Å²) in [6.45, 7) is 1.69. The van der Waals surface area contributed by atoms with E-state index < -0.39 is 28.6 Å². The Balaban J connectivity index is 1.60. The van der Waals surface area contributed by atoms with Crippen LogP contribution in [-0.4, -0.2) is 29.7 Å². The summed E-state index contributed by atoms with van der Waals surface area (Å²) in [6, 6.07) is 8.74. The quantitative estimate of drug-likeness (QED) is 0.445. The van der Waals surface area contributed by atoms with Crippen molar-refractivity contribution in [2.24, 2.45) is 0 Å². The second-order valence-electron chi connectivity index (χ2n) is 5.87. The van der Waals surface area contributed by atoms with Crippen molar-refractivity contribution < 1.29 is 28.7 Å². The van der Waals surface area contributed by atoms with Gasteiger partial charge in [-0.3, -0.25) is 14.9 Å². The molecular weight excluding hydrogens is 392 g/mol. The third-order valence-corrected chi connectivity index (χ3v) is 4.17. The Morgan fingerprint density at radius 3 is 2.75 bits per heavy atom. The van der Waals surface area contributed by atoms with Crippen molar-refractivity contribution in [2.45, 2.75) is 19.6 Å². The molecule has 3 rings (SSSR count). The molecule has 146 valence electrons. The van der Waals surface area contributed by atoms with Crippen molar-refractivity contribution >= 4 is 29.2 Å². The number of esters is 1. The number of carbonyl (C=O) groups is 2.